The second-order valence-corrected chi connectivity index (χ2v) is 7.36. The summed E-state index contributed by atoms with van der Waals surface area (Å²) in [5.74, 6) is 2.52. The molecule has 23 heavy (non-hydrogen) atoms. The van der Waals surface area contributed by atoms with Gasteiger partial charge in [-0.1, -0.05) is 22.9 Å². The van der Waals surface area contributed by atoms with Crippen molar-refractivity contribution in [3.8, 4) is 0 Å². The molecule has 0 spiro atoms. The van der Waals surface area contributed by atoms with Gasteiger partial charge in [0.25, 0.3) is 0 Å². The zero-order valence-electron chi connectivity index (χ0n) is 13.9. The van der Waals surface area contributed by atoms with Gasteiger partial charge in [-0.25, -0.2) is 4.98 Å². The number of anilines is 3. The minimum Gasteiger partial charge on any atom is -0.356 e. The van der Waals surface area contributed by atoms with Crippen LogP contribution in [0.3, 0.4) is 0 Å². The van der Waals surface area contributed by atoms with Crippen molar-refractivity contribution >= 4 is 33.4 Å². The molecule has 1 aromatic carbocycles. The van der Waals surface area contributed by atoms with Crippen LogP contribution in [-0.2, 0) is 0 Å². The standard InChI is InChI=1S/C18H23BrN4/c1-12-6-8-23(9-7-12)17-11-14(3)20-18(22-17)21-16-5-4-15(19)10-13(16)2/h4-5,10-12H,6-9H2,1-3H3,(H,20,21,22). The van der Waals surface area contributed by atoms with Gasteiger partial charge in [0.1, 0.15) is 5.82 Å². The molecule has 0 bridgehead atoms. The van der Waals surface area contributed by atoms with Crippen molar-refractivity contribution in [3.05, 3.63) is 40.0 Å². The third-order valence-electron chi connectivity index (χ3n) is 4.38. The second kappa shape index (κ2) is 6.87. The van der Waals surface area contributed by atoms with Crippen LogP contribution in [0, 0.1) is 19.8 Å². The van der Waals surface area contributed by atoms with E-state index in [0.29, 0.717) is 5.95 Å². The SMILES string of the molecule is Cc1cc(N2CCC(C)CC2)nc(Nc2ccc(Br)cc2C)n1. The summed E-state index contributed by atoms with van der Waals surface area (Å²) < 4.78 is 1.08. The van der Waals surface area contributed by atoms with Crippen LogP contribution in [0.25, 0.3) is 0 Å². The first-order chi connectivity index (χ1) is 11.0. The van der Waals surface area contributed by atoms with Gasteiger partial charge in [0.2, 0.25) is 5.95 Å². The second-order valence-electron chi connectivity index (χ2n) is 6.44. The van der Waals surface area contributed by atoms with Crippen molar-refractivity contribution in [2.45, 2.75) is 33.6 Å². The Labute approximate surface area is 146 Å². The van der Waals surface area contributed by atoms with Crippen molar-refractivity contribution in [3.63, 3.8) is 0 Å². The summed E-state index contributed by atoms with van der Waals surface area (Å²) in [5, 5.41) is 3.36. The molecular weight excluding hydrogens is 352 g/mol. The predicted molar refractivity (Wildman–Crippen MR) is 99.5 cm³/mol. The average molecular weight is 375 g/mol. The molecule has 2 aromatic rings. The predicted octanol–water partition coefficient (Wildman–Crippen LogP) is 4.84. The number of piperidine rings is 1. The Bertz CT molecular complexity index is 693. The normalized spacial score (nSPS) is 15.7. The molecule has 3 rings (SSSR count). The fraction of sp³-hybridized carbons (Fsp3) is 0.444. The number of hydrogen-bond acceptors (Lipinski definition) is 4. The molecule has 0 saturated carbocycles. The first-order valence-electron chi connectivity index (χ1n) is 8.15. The quantitative estimate of drug-likeness (QED) is 0.834. The van der Waals surface area contributed by atoms with Gasteiger partial charge in [-0.15, -0.1) is 0 Å². The minimum atomic E-state index is 0.670. The molecule has 0 unspecified atom stereocenters. The third kappa shape index (κ3) is 4.02. The van der Waals surface area contributed by atoms with Crippen LogP contribution >= 0.6 is 15.9 Å². The summed E-state index contributed by atoms with van der Waals surface area (Å²) in [6.07, 6.45) is 2.47. The van der Waals surface area contributed by atoms with Crippen LogP contribution < -0.4 is 10.2 Å². The van der Waals surface area contributed by atoms with E-state index in [1.165, 1.54) is 12.8 Å². The molecule has 2 heterocycles. The van der Waals surface area contributed by atoms with E-state index in [1.54, 1.807) is 0 Å². The van der Waals surface area contributed by atoms with Crippen LogP contribution in [0.2, 0.25) is 0 Å². The monoisotopic (exact) mass is 374 g/mol. The summed E-state index contributed by atoms with van der Waals surface area (Å²) >= 11 is 3.50. The lowest BCUT2D eigenvalue weighted by Crippen LogP contribution is -2.33. The molecule has 1 aliphatic rings. The summed E-state index contributed by atoms with van der Waals surface area (Å²) in [4.78, 5) is 11.6. The Balaban J connectivity index is 1.82. The molecule has 1 saturated heterocycles. The first-order valence-corrected chi connectivity index (χ1v) is 8.94. The third-order valence-corrected chi connectivity index (χ3v) is 4.88. The smallest absolute Gasteiger partial charge is 0.229 e. The highest BCUT2D eigenvalue weighted by Crippen LogP contribution is 2.25. The van der Waals surface area contributed by atoms with Crippen LogP contribution in [0.5, 0.6) is 0 Å². The van der Waals surface area contributed by atoms with E-state index >= 15 is 0 Å². The van der Waals surface area contributed by atoms with E-state index < -0.39 is 0 Å². The number of rotatable bonds is 3. The van der Waals surface area contributed by atoms with Gasteiger partial charge in [-0.05, 0) is 56.4 Å². The number of hydrogen-bond donors (Lipinski definition) is 1. The Kier molecular flexibility index (Phi) is 4.85. The van der Waals surface area contributed by atoms with Gasteiger partial charge in [-0.3, -0.25) is 0 Å². The molecule has 0 aliphatic carbocycles. The summed E-state index contributed by atoms with van der Waals surface area (Å²) in [6, 6.07) is 8.24. The maximum absolute atomic E-state index is 4.73. The van der Waals surface area contributed by atoms with Crippen LogP contribution in [0.1, 0.15) is 31.0 Å². The molecule has 5 heteroatoms. The van der Waals surface area contributed by atoms with Crippen molar-refractivity contribution in [2.75, 3.05) is 23.3 Å². The van der Waals surface area contributed by atoms with Crippen LogP contribution in [-0.4, -0.2) is 23.1 Å². The average Bonchev–Trinajstić information content (AvgIpc) is 2.50. The number of halogens is 1. The van der Waals surface area contributed by atoms with E-state index in [0.717, 1.165) is 46.2 Å². The fourth-order valence-corrected chi connectivity index (χ4v) is 3.37. The molecular formula is C18H23BrN4. The first kappa shape index (κ1) is 16.2. The maximum Gasteiger partial charge on any atom is 0.229 e. The minimum absolute atomic E-state index is 0.670. The lowest BCUT2D eigenvalue weighted by molar-refractivity contribution is 0.436. The van der Waals surface area contributed by atoms with Gasteiger partial charge in [0, 0.05) is 35.0 Å². The number of nitrogens with one attached hydrogen (secondary N) is 1. The molecule has 0 radical (unpaired) electrons. The number of aromatic nitrogens is 2. The van der Waals surface area contributed by atoms with Gasteiger partial charge in [0.05, 0.1) is 0 Å². The fourth-order valence-electron chi connectivity index (χ4n) is 2.90. The van der Waals surface area contributed by atoms with Gasteiger partial charge in [0.15, 0.2) is 0 Å². The molecule has 1 aliphatic heterocycles. The lowest BCUT2D eigenvalue weighted by atomic mass is 9.99. The molecule has 0 amide bonds. The Morgan fingerprint density at radius 2 is 1.87 bits per heavy atom. The van der Waals surface area contributed by atoms with Gasteiger partial charge >= 0.3 is 0 Å². The van der Waals surface area contributed by atoms with Crippen LogP contribution in [0.15, 0.2) is 28.7 Å². The Hall–Kier alpha value is -1.62. The number of nitrogens with zero attached hydrogens (tertiary/aromatic N) is 3. The van der Waals surface area contributed by atoms with E-state index in [9.17, 15) is 0 Å². The summed E-state index contributed by atoms with van der Waals surface area (Å²) in [6.45, 7) is 8.59. The molecule has 0 atom stereocenters. The summed E-state index contributed by atoms with van der Waals surface area (Å²) in [5.41, 5.74) is 3.20. The molecule has 122 valence electrons. The largest absolute Gasteiger partial charge is 0.356 e. The molecule has 1 aromatic heterocycles. The van der Waals surface area contributed by atoms with E-state index in [4.69, 9.17) is 4.98 Å². The van der Waals surface area contributed by atoms with Crippen LogP contribution in [0.4, 0.5) is 17.5 Å². The Morgan fingerprint density at radius 1 is 1.13 bits per heavy atom. The topological polar surface area (TPSA) is 41.1 Å². The van der Waals surface area contributed by atoms with E-state index in [2.05, 4.69) is 57.1 Å². The number of aryl methyl sites for hydroxylation is 2. The van der Waals surface area contributed by atoms with Crippen molar-refractivity contribution < 1.29 is 0 Å². The molecule has 4 nitrogen and oxygen atoms in total. The lowest BCUT2D eigenvalue weighted by Gasteiger charge is -2.31. The van der Waals surface area contributed by atoms with Crippen molar-refractivity contribution in [1.29, 1.82) is 0 Å². The van der Waals surface area contributed by atoms with Gasteiger partial charge in [-0.2, -0.15) is 4.98 Å². The highest BCUT2D eigenvalue weighted by atomic mass is 79.9. The van der Waals surface area contributed by atoms with Gasteiger partial charge < -0.3 is 10.2 Å². The number of benzene rings is 1. The maximum atomic E-state index is 4.73. The van der Waals surface area contributed by atoms with E-state index in [-0.39, 0.29) is 0 Å². The summed E-state index contributed by atoms with van der Waals surface area (Å²) in [7, 11) is 0. The zero-order valence-corrected chi connectivity index (χ0v) is 15.5. The molecule has 1 N–H and O–H groups in total. The molecule has 1 fully saturated rings. The van der Waals surface area contributed by atoms with Crippen molar-refractivity contribution in [1.82, 2.24) is 9.97 Å². The zero-order chi connectivity index (χ0) is 16.4. The van der Waals surface area contributed by atoms with E-state index in [1.807, 2.05) is 19.1 Å². The highest BCUT2D eigenvalue weighted by molar-refractivity contribution is 9.10. The highest BCUT2D eigenvalue weighted by Gasteiger charge is 2.18. The Morgan fingerprint density at radius 3 is 2.57 bits per heavy atom. The van der Waals surface area contributed by atoms with Crippen molar-refractivity contribution in [2.24, 2.45) is 5.92 Å².